The molecule has 2 amide bonds. The average molecular weight is 624 g/mol. The van der Waals surface area contributed by atoms with E-state index in [2.05, 4.69) is 39.4 Å². The summed E-state index contributed by atoms with van der Waals surface area (Å²) in [5.74, 6) is 1.76. The van der Waals surface area contributed by atoms with Crippen LogP contribution in [0.25, 0.3) is 0 Å². The number of amides is 2. The molecule has 0 saturated heterocycles. The molecule has 0 atom stereocenters. The molecule has 9 heteroatoms. The van der Waals surface area contributed by atoms with E-state index in [1.807, 2.05) is 85.2 Å². The van der Waals surface area contributed by atoms with Crippen molar-refractivity contribution in [1.29, 1.82) is 0 Å². The molecule has 1 aliphatic heterocycles. The Labute approximate surface area is 272 Å². The standard InChI is InChI=1S/C37H45N5O4/c1-28(2)37-39-38-33(46-37)19-20-34(43)41-23-11-21-40(25-30-14-6-4-7-15-30)22-12-24-42(36-29(3)13-10-16-31(36)26-41)35(44)27-45-32-17-8-5-9-18-32/h4-10,13-18,28H,11-12,19-27H2,1-3H3. The van der Waals surface area contributed by atoms with Gasteiger partial charge in [-0.2, -0.15) is 0 Å². The van der Waals surface area contributed by atoms with Gasteiger partial charge < -0.3 is 19.0 Å². The summed E-state index contributed by atoms with van der Waals surface area (Å²) in [6, 6.07) is 25.9. The molecule has 0 spiro atoms. The Hall–Kier alpha value is -4.50. The normalized spacial score (nSPS) is 14.8. The van der Waals surface area contributed by atoms with E-state index in [-0.39, 0.29) is 30.8 Å². The van der Waals surface area contributed by atoms with Gasteiger partial charge in [0, 0.05) is 58.0 Å². The summed E-state index contributed by atoms with van der Waals surface area (Å²) in [7, 11) is 0. The number of carbonyl (C=O) groups is 2. The van der Waals surface area contributed by atoms with Crippen LogP contribution in [0, 0.1) is 6.92 Å². The van der Waals surface area contributed by atoms with Gasteiger partial charge in [-0.15, -0.1) is 10.2 Å². The van der Waals surface area contributed by atoms with E-state index < -0.39 is 0 Å². The maximum Gasteiger partial charge on any atom is 0.264 e. The lowest BCUT2D eigenvalue weighted by Crippen LogP contribution is -2.40. The lowest BCUT2D eigenvalue weighted by Gasteiger charge is -2.32. The zero-order valence-corrected chi connectivity index (χ0v) is 27.2. The summed E-state index contributed by atoms with van der Waals surface area (Å²) in [5.41, 5.74) is 4.04. The molecule has 0 bridgehead atoms. The quantitative estimate of drug-likeness (QED) is 0.220. The maximum atomic E-state index is 13.9. The van der Waals surface area contributed by atoms with Crippen molar-refractivity contribution >= 4 is 17.5 Å². The van der Waals surface area contributed by atoms with Gasteiger partial charge in [0.05, 0.1) is 5.69 Å². The lowest BCUT2D eigenvalue weighted by atomic mass is 10.0. The van der Waals surface area contributed by atoms with E-state index in [4.69, 9.17) is 9.15 Å². The first-order valence-corrected chi connectivity index (χ1v) is 16.3. The Morgan fingerprint density at radius 3 is 2.28 bits per heavy atom. The number of fused-ring (bicyclic) bond motifs is 1. The monoisotopic (exact) mass is 623 g/mol. The number of anilines is 1. The van der Waals surface area contributed by atoms with E-state index in [0.717, 1.165) is 49.3 Å². The van der Waals surface area contributed by atoms with Gasteiger partial charge in [0.2, 0.25) is 17.7 Å². The first-order chi connectivity index (χ1) is 22.4. The van der Waals surface area contributed by atoms with Gasteiger partial charge in [-0.05, 0) is 48.6 Å². The molecule has 5 rings (SSSR count). The Morgan fingerprint density at radius 2 is 1.57 bits per heavy atom. The van der Waals surface area contributed by atoms with E-state index in [1.165, 1.54) is 5.56 Å². The van der Waals surface area contributed by atoms with Gasteiger partial charge in [0.25, 0.3) is 5.91 Å². The number of hydrogen-bond acceptors (Lipinski definition) is 7. The van der Waals surface area contributed by atoms with Crippen molar-refractivity contribution in [1.82, 2.24) is 20.0 Å². The summed E-state index contributed by atoms with van der Waals surface area (Å²) >= 11 is 0. The molecule has 3 aromatic carbocycles. The van der Waals surface area contributed by atoms with Crippen molar-refractivity contribution in [2.24, 2.45) is 0 Å². The van der Waals surface area contributed by atoms with Crippen molar-refractivity contribution in [3.63, 3.8) is 0 Å². The third kappa shape index (κ3) is 9.03. The van der Waals surface area contributed by atoms with Gasteiger partial charge in [-0.25, -0.2) is 0 Å². The van der Waals surface area contributed by atoms with E-state index >= 15 is 0 Å². The van der Waals surface area contributed by atoms with Crippen molar-refractivity contribution in [3.05, 3.63) is 107 Å². The molecule has 0 unspecified atom stereocenters. The van der Waals surface area contributed by atoms with Crippen LogP contribution in [0.15, 0.2) is 83.3 Å². The lowest BCUT2D eigenvalue weighted by molar-refractivity contribution is -0.132. The number of carbonyl (C=O) groups excluding carboxylic acids is 2. The Kier molecular flexibility index (Phi) is 11.6. The second-order valence-electron chi connectivity index (χ2n) is 12.2. The van der Waals surface area contributed by atoms with Crippen molar-refractivity contribution in [2.45, 2.75) is 65.5 Å². The van der Waals surface area contributed by atoms with Crippen LogP contribution in [0.2, 0.25) is 0 Å². The number of nitrogens with zero attached hydrogens (tertiary/aromatic N) is 5. The fraction of sp³-hybridized carbons (Fsp3) is 0.405. The van der Waals surface area contributed by atoms with Gasteiger partial charge in [0.15, 0.2) is 6.61 Å². The van der Waals surface area contributed by atoms with Crippen LogP contribution in [0.3, 0.4) is 0 Å². The maximum absolute atomic E-state index is 13.9. The highest BCUT2D eigenvalue weighted by molar-refractivity contribution is 5.96. The summed E-state index contributed by atoms with van der Waals surface area (Å²) < 4.78 is 11.7. The predicted molar refractivity (Wildman–Crippen MR) is 179 cm³/mol. The zero-order valence-electron chi connectivity index (χ0n) is 27.2. The zero-order chi connectivity index (χ0) is 32.3. The largest absolute Gasteiger partial charge is 0.484 e. The van der Waals surface area contributed by atoms with Crippen molar-refractivity contribution in [2.75, 3.05) is 37.7 Å². The first-order valence-electron chi connectivity index (χ1n) is 16.3. The SMILES string of the molecule is Cc1cccc2c1N(C(=O)COc1ccccc1)CCCN(Cc1ccccc1)CCCN(C(=O)CCc1nnc(C(C)C)o1)C2. The molecule has 242 valence electrons. The van der Waals surface area contributed by atoms with Crippen molar-refractivity contribution in [3.8, 4) is 5.75 Å². The molecule has 4 aromatic rings. The number of rotatable bonds is 9. The molecule has 2 heterocycles. The highest BCUT2D eigenvalue weighted by Crippen LogP contribution is 2.28. The van der Waals surface area contributed by atoms with Crippen LogP contribution in [-0.2, 0) is 29.1 Å². The van der Waals surface area contributed by atoms with Crippen LogP contribution in [0.4, 0.5) is 5.69 Å². The molecule has 0 aliphatic carbocycles. The number of aryl methyl sites for hydroxylation is 2. The Morgan fingerprint density at radius 1 is 0.848 bits per heavy atom. The molecular formula is C37H45N5O4. The highest BCUT2D eigenvalue weighted by Gasteiger charge is 2.25. The third-order valence-electron chi connectivity index (χ3n) is 8.25. The molecule has 0 saturated carbocycles. The number of para-hydroxylation sites is 2. The number of ether oxygens (including phenoxy) is 1. The minimum absolute atomic E-state index is 0.0220. The summed E-state index contributed by atoms with van der Waals surface area (Å²) in [4.78, 5) is 33.9. The van der Waals surface area contributed by atoms with Crippen LogP contribution in [0.5, 0.6) is 5.75 Å². The predicted octanol–water partition coefficient (Wildman–Crippen LogP) is 6.17. The van der Waals surface area contributed by atoms with E-state index in [1.54, 1.807) is 0 Å². The molecule has 1 aromatic heterocycles. The van der Waals surface area contributed by atoms with Crippen LogP contribution in [0.1, 0.15) is 67.5 Å². The molecule has 9 nitrogen and oxygen atoms in total. The number of hydrogen-bond donors (Lipinski definition) is 0. The summed E-state index contributed by atoms with van der Waals surface area (Å²) in [5, 5.41) is 8.28. The number of benzene rings is 3. The highest BCUT2D eigenvalue weighted by atomic mass is 16.5. The topological polar surface area (TPSA) is 92.0 Å². The second-order valence-corrected chi connectivity index (χ2v) is 12.2. The molecule has 1 aliphatic rings. The molecule has 46 heavy (non-hydrogen) atoms. The first kappa shape index (κ1) is 32.9. The summed E-state index contributed by atoms with van der Waals surface area (Å²) in [6.07, 6.45) is 2.30. The van der Waals surface area contributed by atoms with Crippen LogP contribution < -0.4 is 9.64 Å². The van der Waals surface area contributed by atoms with Crippen molar-refractivity contribution < 1.29 is 18.7 Å². The van der Waals surface area contributed by atoms with Gasteiger partial charge >= 0.3 is 0 Å². The Bertz CT molecular complexity index is 1560. The smallest absolute Gasteiger partial charge is 0.264 e. The van der Waals surface area contributed by atoms with E-state index in [9.17, 15) is 9.59 Å². The molecule has 0 radical (unpaired) electrons. The van der Waals surface area contributed by atoms with Gasteiger partial charge in [0.1, 0.15) is 5.75 Å². The fourth-order valence-corrected chi connectivity index (χ4v) is 5.85. The minimum atomic E-state index is -0.110. The molecule has 0 fully saturated rings. The average Bonchev–Trinajstić information content (AvgIpc) is 3.54. The minimum Gasteiger partial charge on any atom is -0.484 e. The molecule has 0 N–H and O–H groups in total. The Balaban J connectivity index is 1.40. The molecular weight excluding hydrogens is 578 g/mol. The van der Waals surface area contributed by atoms with Crippen LogP contribution >= 0.6 is 0 Å². The van der Waals surface area contributed by atoms with Gasteiger partial charge in [-0.3, -0.25) is 14.5 Å². The number of aromatic nitrogens is 2. The van der Waals surface area contributed by atoms with E-state index in [0.29, 0.717) is 43.6 Å². The van der Waals surface area contributed by atoms with Crippen LogP contribution in [-0.4, -0.2) is 64.6 Å². The van der Waals surface area contributed by atoms with Gasteiger partial charge in [-0.1, -0.05) is 80.6 Å². The fourth-order valence-electron chi connectivity index (χ4n) is 5.85. The third-order valence-corrected chi connectivity index (χ3v) is 8.25. The summed E-state index contributed by atoms with van der Waals surface area (Å²) in [6.45, 7) is 9.98. The second kappa shape index (κ2) is 16.2.